The van der Waals surface area contributed by atoms with Gasteiger partial charge >= 0.3 is 6.03 Å². The van der Waals surface area contributed by atoms with E-state index in [2.05, 4.69) is 26.1 Å². The number of urea groups is 1. The highest BCUT2D eigenvalue weighted by atomic mass is 16.5. The van der Waals surface area contributed by atoms with Crippen LogP contribution >= 0.6 is 0 Å². The first-order chi connectivity index (χ1) is 12.3. The van der Waals surface area contributed by atoms with Crippen LogP contribution in [-0.4, -0.2) is 61.6 Å². The number of nitrogens with zero attached hydrogens (tertiary/aromatic N) is 2. The zero-order chi connectivity index (χ0) is 19.2. The largest absolute Gasteiger partial charge is 0.497 e. The number of methoxy groups -OCH3 is 1. The Morgan fingerprint density at radius 1 is 1.04 bits per heavy atom. The highest BCUT2D eigenvalue weighted by molar-refractivity contribution is 5.78. The fraction of sp³-hybridized carbons (Fsp3) is 0.600. The maximum Gasteiger partial charge on any atom is 0.317 e. The van der Waals surface area contributed by atoms with E-state index in [4.69, 9.17) is 4.74 Å². The van der Waals surface area contributed by atoms with Crippen molar-refractivity contribution in [2.24, 2.45) is 5.41 Å². The van der Waals surface area contributed by atoms with Crippen molar-refractivity contribution in [1.82, 2.24) is 15.1 Å². The van der Waals surface area contributed by atoms with Crippen LogP contribution in [0.2, 0.25) is 0 Å². The van der Waals surface area contributed by atoms with Crippen LogP contribution in [0, 0.1) is 5.41 Å². The summed E-state index contributed by atoms with van der Waals surface area (Å²) < 4.78 is 5.14. The Morgan fingerprint density at radius 2 is 1.62 bits per heavy atom. The van der Waals surface area contributed by atoms with Crippen molar-refractivity contribution in [3.05, 3.63) is 29.8 Å². The molecule has 1 aliphatic heterocycles. The van der Waals surface area contributed by atoms with Gasteiger partial charge in [0.1, 0.15) is 5.75 Å². The van der Waals surface area contributed by atoms with Gasteiger partial charge in [-0.05, 0) is 29.5 Å². The number of nitrogens with one attached hydrogen (secondary N) is 1. The lowest BCUT2D eigenvalue weighted by atomic mass is 9.97. The molecule has 0 aliphatic carbocycles. The van der Waals surface area contributed by atoms with Crippen LogP contribution in [0.1, 0.15) is 32.8 Å². The molecule has 6 heteroatoms. The van der Waals surface area contributed by atoms with Crippen LogP contribution in [0.15, 0.2) is 24.3 Å². The van der Waals surface area contributed by atoms with Crippen LogP contribution in [0.3, 0.4) is 0 Å². The third kappa shape index (κ3) is 6.24. The smallest absolute Gasteiger partial charge is 0.317 e. The first-order valence-electron chi connectivity index (χ1n) is 9.22. The Balaban J connectivity index is 1.72. The molecule has 0 spiro atoms. The van der Waals surface area contributed by atoms with Gasteiger partial charge in [0.15, 0.2) is 0 Å². The number of rotatable bonds is 5. The van der Waals surface area contributed by atoms with Crippen LogP contribution in [0.5, 0.6) is 5.75 Å². The zero-order valence-electron chi connectivity index (χ0n) is 16.4. The molecule has 0 aromatic heterocycles. The molecule has 1 N–H and O–H groups in total. The monoisotopic (exact) mass is 361 g/mol. The third-order valence-corrected chi connectivity index (χ3v) is 4.48. The fourth-order valence-electron chi connectivity index (χ4n) is 2.81. The molecule has 0 radical (unpaired) electrons. The first-order valence-corrected chi connectivity index (χ1v) is 9.22. The molecule has 1 aliphatic rings. The number of amides is 3. The summed E-state index contributed by atoms with van der Waals surface area (Å²) in [6.45, 7) is 9.29. The van der Waals surface area contributed by atoms with Crippen molar-refractivity contribution in [3.8, 4) is 5.75 Å². The molecule has 0 saturated carbocycles. The molecular formula is C20H31N3O3. The number of hydrogen-bond donors (Lipinski definition) is 1. The number of ether oxygens (including phenoxy) is 1. The van der Waals surface area contributed by atoms with Gasteiger partial charge < -0.3 is 19.9 Å². The van der Waals surface area contributed by atoms with Gasteiger partial charge in [0.05, 0.1) is 7.11 Å². The lowest BCUT2D eigenvalue weighted by Crippen LogP contribution is -2.53. The number of aryl methyl sites for hydroxylation is 1. The molecule has 1 aromatic carbocycles. The number of hydrogen-bond acceptors (Lipinski definition) is 3. The van der Waals surface area contributed by atoms with Crippen LogP contribution < -0.4 is 10.1 Å². The van der Waals surface area contributed by atoms with Gasteiger partial charge in [-0.25, -0.2) is 4.79 Å². The number of carbonyl (C=O) groups is 2. The van der Waals surface area contributed by atoms with Crippen LogP contribution in [-0.2, 0) is 11.2 Å². The molecule has 144 valence electrons. The molecule has 1 aromatic rings. The van der Waals surface area contributed by atoms with Gasteiger partial charge in [-0.3, -0.25) is 4.79 Å². The maximum absolute atomic E-state index is 12.4. The minimum absolute atomic E-state index is 0.0368. The van der Waals surface area contributed by atoms with E-state index in [0.717, 1.165) is 17.7 Å². The SMILES string of the molecule is COc1ccc(CCC(=O)N2CCN(C(=O)NCC(C)(C)C)CC2)cc1. The fourth-order valence-corrected chi connectivity index (χ4v) is 2.81. The Bertz CT molecular complexity index is 600. The molecule has 6 nitrogen and oxygen atoms in total. The summed E-state index contributed by atoms with van der Waals surface area (Å²) in [5.41, 5.74) is 1.19. The van der Waals surface area contributed by atoms with E-state index in [1.54, 1.807) is 12.0 Å². The average molecular weight is 361 g/mol. The van der Waals surface area contributed by atoms with Gasteiger partial charge in [0.2, 0.25) is 5.91 Å². The molecule has 26 heavy (non-hydrogen) atoms. The minimum atomic E-state index is -0.0368. The lowest BCUT2D eigenvalue weighted by Gasteiger charge is -2.35. The molecule has 1 heterocycles. The van der Waals surface area contributed by atoms with Crippen LogP contribution in [0.25, 0.3) is 0 Å². The minimum Gasteiger partial charge on any atom is -0.497 e. The Hall–Kier alpha value is -2.24. The quantitative estimate of drug-likeness (QED) is 0.877. The number of piperazine rings is 1. The van der Waals surface area contributed by atoms with Crippen molar-refractivity contribution in [2.75, 3.05) is 39.8 Å². The molecule has 0 atom stereocenters. The summed E-state index contributed by atoms with van der Waals surface area (Å²) >= 11 is 0. The number of carbonyl (C=O) groups excluding carboxylic acids is 2. The summed E-state index contributed by atoms with van der Waals surface area (Å²) in [5, 5.41) is 2.97. The maximum atomic E-state index is 12.4. The summed E-state index contributed by atoms with van der Waals surface area (Å²) in [4.78, 5) is 28.2. The van der Waals surface area contributed by atoms with Gasteiger partial charge in [-0.1, -0.05) is 32.9 Å². The van der Waals surface area contributed by atoms with Gasteiger partial charge in [-0.2, -0.15) is 0 Å². The van der Waals surface area contributed by atoms with E-state index in [0.29, 0.717) is 39.1 Å². The second-order valence-corrected chi connectivity index (χ2v) is 7.94. The van der Waals surface area contributed by atoms with Crippen LogP contribution in [0.4, 0.5) is 4.79 Å². The first kappa shape index (κ1) is 20.1. The molecular weight excluding hydrogens is 330 g/mol. The molecule has 1 fully saturated rings. The van der Waals surface area contributed by atoms with Gasteiger partial charge in [0.25, 0.3) is 0 Å². The Morgan fingerprint density at radius 3 is 2.15 bits per heavy atom. The molecule has 1 saturated heterocycles. The molecule has 2 rings (SSSR count). The van der Waals surface area contributed by atoms with E-state index in [1.807, 2.05) is 29.2 Å². The highest BCUT2D eigenvalue weighted by Crippen LogP contribution is 2.14. The zero-order valence-corrected chi connectivity index (χ0v) is 16.4. The predicted octanol–water partition coefficient (Wildman–Crippen LogP) is 2.53. The Labute approximate surface area is 156 Å². The second-order valence-electron chi connectivity index (χ2n) is 7.94. The topological polar surface area (TPSA) is 61.9 Å². The van der Waals surface area contributed by atoms with Crippen molar-refractivity contribution < 1.29 is 14.3 Å². The summed E-state index contributed by atoms with van der Waals surface area (Å²) in [6.07, 6.45) is 1.21. The van der Waals surface area contributed by atoms with E-state index in [9.17, 15) is 9.59 Å². The van der Waals surface area contributed by atoms with E-state index >= 15 is 0 Å². The standard InChI is InChI=1S/C20H31N3O3/c1-20(2,3)15-21-19(25)23-13-11-22(12-14-23)18(24)10-7-16-5-8-17(26-4)9-6-16/h5-6,8-9H,7,10-15H2,1-4H3,(H,21,25). The van der Waals surface area contributed by atoms with Crippen molar-refractivity contribution in [1.29, 1.82) is 0 Å². The normalized spacial score (nSPS) is 14.9. The van der Waals surface area contributed by atoms with E-state index in [1.165, 1.54) is 0 Å². The molecule has 0 unspecified atom stereocenters. The average Bonchev–Trinajstić information content (AvgIpc) is 2.64. The number of benzene rings is 1. The van der Waals surface area contributed by atoms with Crippen molar-refractivity contribution in [2.45, 2.75) is 33.6 Å². The van der Waals surface area contributed by atoms with Gasteiger partial charge in [0, 0.05) is 39.1 Å². The van der Waals surface area contributed by atoms with E-state index in [-0.39, 0.29) is 17.4 Å². The summed E-state index contributed by atoms with van der Waals surface area (Å²) in [5.74, 6) is 0.969. The third-order valence-electron chi connectivity index (χ3n) is 4.48. The van der Waals surface area contributed by atoms with E-state index < -0.39 is 0 Å². The lowest BCUT2D eigenvalue weighted by molar-refractivity contribution is -0.132. The predicted molar refractivity (Wildman–Crippen MR) is 102 cm³/mol. The highest BCUT2D eigenvalue weighted by Gasteiger charge is 2.24. The Kier molecular flexibility index (Phi) is 6.89. The second kappa shape index (κ2) is 8.92. The molecule has 0 bridgehead atoms. The molecule has 3 amide bonds. The summed E-state index contributed by atoms with van der Waals surface area (Å²) in [7, 11) is 1.64. The summed E-state index contributed by atoms with van der Waals surface area (Å²) in [6, 6.07) is 7.77. The van der Waals surface area contributed by atoms with Crippen molar-refractivity contribution in [3.63, 3.8) is 0 Å². The van der Waals surface area contributed by atoms with Gasteiger partial charge in [-0.15, -0.1) is 0 Å². The van der Waals surface area contributed by atoms with Crippen molar-refractivity contribution >= 4 is 11.9 Å².